The fourth-order valence-electron chi connectivity index (χ4n) is 3.76. The van der Waals surface area contributed by atoms with Gasteiger partial charge in [-0.2, -0.15) is 5.10 Å². The van der Waals surface area contributed by atoms with Crippen molar-refractivity contribution < 1.29 is 13.9 Å². The summed E-state index contributed by atoms with van der Waals surface area (Å²) in [6.07, 6.45) is 1.59. The van der Waals surface area contributed by atoms with Crippen LogP contribution in [0.1, 0.15) is 16.9 Å². The summed E-state index contributed by atoms with van der Waals surface area (Å²) in [5.41, 5.74) is 6.15. The molecule has 5 aromatic rings. The maximum atomic E-state index is 12.7. The Labute approximate surface area is 202 Å². The highest BCUT2D eigenvalue weighted by atomic mass is 16.5. The van der Waals surface area contributed by atoms with Crippen molar-refractivity contribution in [3.05, 3.63) is 108 Å². The molecule has 7 nitrogen and oxygen atoms in total. The predicted molar refractivity (Wildman–Crippen MR) is 135 cm³/mol. The number of aromatic nitrogens is 2. The maximum Gasteiger partial charge on any atom is 0.260 e. The fraction of sp³-hybridized carbons (Fsp3) is 0.107. The lowest BCUT2D eigenvalue weighted by molar-refractivity contribution is -0.121. The number of hydrogen-bond acceptors (Lipinski definition) is 5. The lowest BCUT2D eigenvalue weighted by Gasteiger charge is -2.07. The summed E-state index contributed by atoms with van der Waals surface area (Å²) in [5.74, 6) is 2.45. The molecule has 174 valence electrons. The molecular weight excluding hydrogens is 440 g/mol. The molecular formula is C28H24N4O3. The number of imidazole rings is 1. The van der Waals surface area contributed by atoms with Crippen LogP contribution in [0.25, 0.3) is 22.6 Å². The Morgan fingerprint density at radius 1 is 1.03 bits per heavy atom. The molecule has 0 bridgehead atoms. The van der Waals surface area contributed by atoms with Crippen LogP contribution >= 0.6 is 0 Å². The molecule has 0 saturated heterocycles. The molecule has 3 aromatic carbocycles. The normalized spacial score (nSPS) is 11.2. The lowest BCUT2D eigenvalue weighted by Crippen LogP contribution is -2.23. The average Bonchev–Trinajstić information content (AvgIpc) is 3.47. The zero-order valence-corrected chi connectivity index (χ0v) is 19.2. The van der Waals surface area contributed by atoms with E-state index in [1.165, 1.54) is 0 Å². The first kappa shape index (κ1) is 22.2. The molecule has 0 radical (unpaired) electrons. The van der Waals surface area contributed by atoms with E-state index in [0.29, 0.717) is 18.2 Å². The minimum atomic E-state index is -0.273. The van der Waals surface area contributed by atoms with Crippen LogP contribution in [0, 0.1) is 6.92 Å². The third kappa shape index (κ3) is 5.30. The topological polar surface area (TPSA) is 81.7 Å². The molecule has 0 spiro atoms. The summed E-state index contributed by atoms with van der Waals surface area (Å²) in [5, 5.41) is 4.13. The van der Waals surface area contributed by atoms with Crippen LogP contribution in [-0.4, -0.2) is 21.7 Å². The second-order valence-corrected chi connectivity index (χ2v) is 8.06. The molecule has 35 heavy (non-hydrogen) atoms. The van der Waals surface area contributed by atoms with Crippen LogP contribution < -0.4 is 10.2 Å². The molecule has 2 heterocycles. The fourth-order valence-corrected chi connectivity index (χ4v) is 3.76. The van der Waals surface area contributed by atoms with Gasteiger partial charge in [0.1, 0.15) is 24.7 Å². The van der Waals surface area contributed by atoms with Crippen LogP contribution in [0.4, 0.5) is 0 Å². The quantitative estimate of drug-likeness (QED) is 0.248. The minimum absolute atomic E-state index is 0.0488. The van der Waals surface area contributed by atoms with Crippen LogP contribution in [0.3, 0.4) is 0 Å². The first-order chi connectivity index (χ1) is 17.2. The van der Waals surface area contributed by atoms with E-state index in [4.69, 9.17) is 9.15 Å². The van der Waals surface area contributed by atoms with Gasteiger partial charge in [-0.3, -0.25) is 4.79 Å². The number of nitrogens with one attached hydrogen (secondary N) is 1. The molecule has 0 atom stereocenters. The Bertz CT molecular complexity index is 1480. The van der Waals surface area contributed by atoms with Gasteiger partial charge in [-0.25, -0.2) is 10.4 Å². The number of carbonyl (C=O) groups excluding carboxylic acids is 1. The van der Waals surface area contributed by atoms with Gasteiger partial charge in [-0.15, -0.1) is 0 Å². The van der Waals surface area contributed by atoms with Gasteiger partial charge in [0.05, 0.1) is 17.2 Å². The van der Waals surface area contributed by atoms with E-state index in [0.717, 1.165) is 33.7 Å². The molecule has 5 rings (SSSR count). The first-order valence-corrected chi connectivity index (χ1v) is 11.3. The van der Waals surface area contributed by atoms with Gasteiger partial charge in [-0.05, 0) is 54.4 Å². The Morgan fingerprint density at radius 3 is 2.69 bits per heavy atom. The van der Waals surface area contributed by atoms with Crippen molar-refractivity contribution in [2.45, 2.75) is 20.1 Å². The van der Waals surface area contributed by atoms with Crippen LogP contribution in [0.2, 0.25) is 0 Å². The standard InChI is InChI=1S/C28H24N4O3/c1-20-14-15-26(35-20)28-30-24-12-5-6-13-25(24)32(28)18-27(33)31-29-17-22-10-7-11-23(16-22)34-19-21-8-3-2-4-9-21/h2-17H,18-19H2,1H3,(H,31,33)/b29-17+. The van der Waals surface area contributed by atoms with E-state index in [1.807, 2.05) is 102 Å². The zero-order chi connectivity index (χ0) is 24.0. The number of rotatable bonds is 8. The summed E-state index contributed by atoms with van der Waals surface area (Å²) in [6.45, 7) is 2.40. The van der Waals surface area contributed by atoms with Crippen LogP contribution in [0.5, 0.6) is 5.75 Å². The summed E-state index contributed by atoms with van der Waals surface area (Å²) < 4.78 is 13.5. The van der Waals surface area contributed by atoms with E-state index >= 15 is 0 Å². The Balaban J connectivity index is 1.26. The van der Waals surface area contributed by atoms with Crippen molar-refractivity contribution in [1.82, 2.24) is 15.0 Å². The van der Waals surface area contributed by atoms with Gasteiger partial charge in [-0.1, -0.05) is 54.6 Å². The van der Waals surface area contributed by atoms with E-state index < -0.39 is 0 Å². The number of nitrogens with zero attached hydrogens (tertiary/aromatic N) is 3. The SMILES string of the molecule is Cc1ccc(-c2nc3ccccc3n2CC(=O)N/N=C/c2cccc(OCc3ccccc3)c2)o1. The smallest absolute Gasteiger partial charge is 0.260 e. The van der Waals surface area contributed by atoms with Crippen molar-refractivity contribution in [2.24, 2.45) is 5.10 Å². The van der Waals surface area contributed by atoms with Crippen molar-refractivity contribution in [2.75, 3.05) is 0 Å². The Morgan fingerprint density at radius 2 is 1.86 bits per heavy atom. The molecule has 1 N–H and O–H groups in total. The third-order valence-electron chi connectivity index (χ3n) is 5.43. The maximum absolute atomic E-state index is 12.7. The summed E-state index contributed by atoms with van der Waals surface area (Å²) in [6, 6.07) is 28.9. The number of fused-ring (bicyclic) bond motifs is 1. The second-order valence-electron chi connectivity index (χ2n) is 8.06. The molecule has 0 fully saturated rings. The van der Waals surface area contributed by atoms with Gasteiger partial charge in [0.25, 0.3) is 5.91 Å². The molecule has 0 aliphatic rings. The Kier molecular flexibility index (Phi) is 6.39. The number of amides is 1. The van der Waals surface area contributed by atoms with E-state index in [1.54, 1.807) is 6.21 Å². The molecule has 7 heteroatoms. The molecule has 0 saturated carbocycles. The Hall–Kier alpha value is -4.65. The third-order valence-corrected chi connectivity index (χ3v) is 5.43. The van der Waals surface area contributed by atoms with E-state index in [-0.39, 0.29) is 12.5 Å². The van der Waals surface area contributed by atoms with Crippen molar-refractivity contribution >= 4 is 23.2 Å². The number of ether oxygens (including phenoxy) is 1. The average molecular weight is 465 g/mol. The number of furan rings is 1. The first-order valence-electron chi connectivity index (χ1n) is 11.3. The van der Waals surface area contributed by atoms with E-state index in [9.17, 15) is 4.79 Å². The van der Waals surface area contributed by atoms with E-state index in [2.05, 4.69) is 15.5 Å². The molecule has 2 aromatic heterocycles. The summed E-state index contributed by atoms with van der Waals surface area (Å²) >= 11 is 0. The molecule has 0 aliphatic heterocycles. The van der Waals surface area contributed by atoms with Gasteiger partial charge in [0.15, 0.2) is 11.6 Å². The highest BCUT2D eigenvalue weighted by molar-refractivity contribution is 5.85. The number of para-hydroxylation sites is 2. The zero-order valence-electron chi connectivity index (χ0n) is 19.2. The van der Waals surface area contributed by atoms with Gasteiger partial charge in [0, 0.05) is 0 Å². The highest BCUT2D eigenvalue weighted by Crippen LogP contribution is 2.26. The molecule has 0 unspecified atom stereocenters. The molecule has 1 amide bonds. The van der Waals surface area contributed by atoms with Crippen LogP contribution in [0.15, 0.2) is 101 Å². The monoisotopic (exact) mass is 464 g/mol. The van der Waals surface area contributed by atoms with Gasteiger partial charge < -0.3 is 13.7 Å². The minimum Gasteiger partial charge on any atom is -0.489 e. The summed E-state index contributed by atoms with van der Waals surface area (Å²) in [4.78, 5) is 17.4. The number of benzene rings is 3. The van der Waals surface area contributed by atoms with Crippen LogP contribution in [-0.2, 0) is 17.9 Å². The second kappa shape index (κ2) is 10.1. The van der Waals surface area contributed by atoms with Crippen molar-refractivity contribution in [1.29, 1.82) is 0 Å². The number of aryl methyl sites for hydroxylation is 1. The van der Waals surface area contributed by atoms with Gasteiger partial charge in [0.2, 0.25) is 0 Å². The number of hydrogen-bond donors (Lipinski definition) is 1. The largest absolute Gasteiger partial charge is 0.489 e. The lowest BCUT2D eigenvalue weighted by atomic mass is 10.2. The number of carbonyl (C=O) groups is 1. The highest BCUT2D eigenvalue weighted by Gasteiger charge is 2.17. The van der Waals surface area contributed by atoms with Crippen molar-refractivity contribution in [3.63, 3.8) is 0 Å². The summed E-state index contributed by atoms with van der Waals surface area (Å²) in [7, 11) is 0. The predicted octanol–water partition coefficient (Wildman–Crippen LogP) is 5.33. The molecule has 0 aliphatic carbocycles. The number of hydrazone groups is 1. The van der Waals surface area contributed by atoms with Gasteiger partial charge >= 0.3 is 0 Å². The van der Waals surface area contributed by atoms with Crippen molar-refractivity contribution in [3.8, 4) is 17.3 Å².